The number of unbranched alkanes of at least 4 members (excludes halogenated alkanes) is 1. The first-order valence-electron chi connectivity index (χ1n) is 10.6. The number of hydrogen-bond acceptors (Lipinski definition) is 6. The minimum atomic E-state index is -0.375. The van der Waals surface area contributed by atoms with Crippen LogP contribution in [0.15, 0.2) is 42.5 Å². The molecule has 8 heteroatoms. The van der Waals surface area contributed by atoms with Crippen LogP contribution in [0.4, 0.5) is 0 Å². The van der Waals surface area contributed by atoms with E-state index in [-0.39, 0.29) is 42.9 Å². The molecule has 0 unspecified atom stereocenters. The number of amides is 3. The number of carbonyl (C=O) groups excluding carboxylic acids is 4. The smallest absolute Gasteiger partial charge is 0.253 e. The predicted molar refractivity (Wildman–Crippen MR) is 114 cm³/mol. The third-order valence-electron chi connectivity index (χ3n) is 4.64. The molecule has 0 atom stereocenters. The van der Waals surface area contributed by atoms with E-state index in [2.05, 4.69) is 5.32 Å². The van der Waals surface area contributed by atoms with Crippen LogP contribution in [0.25, 0.3) is 0 Å². The topological polar surface area (TPSA) is 102 Å². The number of ketones is 1. The largest absolute Gasteiger partial charge is 0.494 e. The fraction of sp³-hybridized carbons (Fsp3) is 0.478. The average Bonchev–Trinajstić information content (AvgIpc) is 3.09. The van der Waals surface area contributed by atoms with Gasteiger partial charge in [0.15, 0.2) is 0 Å². The molecular formula is C23H30N2O6. The lowest BCUT2D eigenvalue weighted by molar-refractivity contribution is -0.137. The second-order valence-corrected chi connectivity index (χ2v) is 7.13. The van der Waals surface area contributed by atoms with Gasteiger partial charge in [-0.15, -0.1) is 0 Å². The van der Waals surface area contributed by atoms with Crippen molar-refractivity contribution >= 4 is 23.5 Å². The number of para-hydroxylation sites is 1. The number of ether oxygens (including phenoxy) is 2. The van der Waals surface area contributed by atoms with Crippen molar-refractivity contribution in [2.75, 3.05) is 32.9 Å². The minimum Gasteiger partial charge on any atom is -0.494 e. The van der Waals surface area contributed by atoms with Gasteiger partial charge < -0.3 is 14.8 Å². The van der Waals surface area contributed by atoms with E-state index in [1.807, 2.05) is 30.3 Å². The zero-order valence-corrected chi connectivity index (χ0v) is 17.7. The molecule has 0 bridgehead atoms. The Morgan fingerprint density at radius 1 is 0.839 bits per heavy atom. The molecule has 1 aromatic carbocycles. The van der Waals surface area contributed by atoms with Crippen LogP contribution in [0.1, 0.15) is 38.5 Å². The van der Waals surface area contributed by atoms with Crippen LogP contribution in [-0.4, -0.2) is 61.3 Å². The van der Waals surface area contributed by atoms with Crippen LogP contribution in [0.2, 0.25) is 0 Å². The fourth-order valence-electron chi connectivity index (χ4n) is 2.90. The van der Waals surface area contributed by atoms with Gasteiger partial charge in [0.05, 0.1) is 13.2 Å². The molecule has 2 rings (SSSR count). The maximum atomic E-state index is 11.8. The summed E-state index contributed by atoms with van der Waals surface area (Å²) in [5, 5.41) is 2.85. The lowest BCUT2D eigenvalue weighted by atomic mass is 10.1. The first-order valence-corrected chi connectivity index (χ1v) is 10.6. The Hall–Kier alpha value is -3.00. The van der Waals surface area contributed by atoms with Gasteiger partial charge in [0.2, 0.25) is 5.91 Å². The maximum absolute atomic E-state index is 11.8. The second kappa shape index (κ2) is 14.1. The van der Waals surface area contributed by atoms with Crippen LogP contribution in [0.5, 0.6) is 5.75 Å². The molecule has 0 spiro atoms. The summed E-state index contributed by atoms with van der Waals surface area (Å²) in [4.78, 5) is 47.4. The third-order valence-corrected chi connectivity index (χ3v) is 4.64. The summed E-state index contributed by atoms with van der Waals surface area (Å²) in [6, 6.07) is 9.61. The van der Waals surface area contributed by atoms with Gasteiger partial charge in [0.25, 0.3) is 11.8 Å². The highest BCUT2D eigenvalue weighted by Gasteiger charge is 2.23. The van der Waals surface area contributed by atoms with Crippen molar-refractivity contribution < 1.29 is 28.7 Å². The highest BCUT2D eigenvalue weighted by atomic mass is 16.5. The Morgan fingerprint density at radius 2 is 1.58 bits per heavy atom. The van der Waals surface area contributed by atoms with Gasteiger partial charge in [-0.1, -0.05) is 18.2 Å². The summed E-state index contributed by atoms with van der Waals surface area (Å²) in [7, 11) is 0. The van der Waals surface area contributed by atoms with E-state index in [1.165, 1.54) is 12.2 Å². The molecule has 0 aliphatic carbocycles. The number of nitrogens with zero attached hydrogens (tertiary/aromatic N) is 1. The Labute approximate surface area is 182 Å². The molecule has 0 saturated carbocycles. The van der Waals surface area contributed by atoms with Crippen LogP contribution in [-0.2, 0) is 23.9 Å². The van der Waals surface area contributed by atoms with Crippen molar-refractivity contribution in [2.45, 2.75) is 38.5 Å². The summed E-state index contributed by atoms with van der Waals surface area (Å²) in [6.45, 7) is 2.02. The highest BCUT2D eigenvalue weighted by molar-refractivity contribution is 6.13. The molecule has 0 fully saturated rings. The van der Waals surface area contributed by atoms with Crippen molar-refractivity contribution in [1.82, 2.24) is 10.2 Å². The second-order valence-electron chi connectivity index (χ2n) is 7.13. The molecule has 1 aliphatic heterocycles. The van der Waals surface area contributed by atoms with Gasteiger partial charge in [-0.3, -0.25) is 24.1 Å². The number of imide groups is 1. The van der Waals surface area contributed by atoms with Crippen LogP contribution < -0.4 is 10.1 Å². The summed E-state index contributed by atoms with van der Waals surface area (Å²) < 4.78 is 11.0. The summed E-state index contributed by atoms with van der Waals surface area (Å²) >= 11 is 0. The number of Topliss-reactive ketones (excluding diaryl/α,β-unsaturated/α-hetero) is 1. The third kappa shape index (κ3) is 10.0. The van der Waals surface area contributed by atoms with Gasteiger partial charge in [0, 0.05) is 51.1 Å². The van der Waals surface area contributed by atoms with Crippen LogP contribution in [0.3, 0.4) is 0 Å². The van der Waals surface area contributed by atoms with Gasteiger partial charge in [-0.05, 0) is 31.4 Å². The highest BCUT2D eigenvalue weighted by Crippen LogP contribution is 2.09. The van der Waals surface area contributed by atoms with E-state index in [0.717, 1.165) is 23.5 Å². The zero-order chi connectivity index (χ0) is 22.3. The first kappa shape index (κ1) is 24.3. The number of rotatable bonds is 16. The first-order chi connectivity index (χ1) is 15.1. The molecule has 0 radical (unpaired) electrons. The van der Waals surface area contributed by atoms with Crippen molar-refractivity contribution in [3.8, 4) is 5.75 Å². The summed E-state index contributed by atoms with van der Waals surface area (Å²) in [6.07, 6.45) is 5.40. The Kier molecular flexibility index (Phi) is 11.0. The number of hydrogen-bond donors (Lipinski definition) is 1. The van der Waals surface area contributed by atoms with E-state index in [4.69, 9.17) is 9.47 Å². The Balaban J connectivity index is 1.37. The number of carbonyl (C=O) groups is 4. The molecule has 8 nitrogen and oxygen atoms in total. The lowest BCUT2D eigenvalue weighted by Crippen LogP contribution is -2.32. The van der Waals surface area contributed by atoms with Gasteiger partial charge in [-0.25, -0.2) is 0 Å². The molecule has 31 heavy (non-hydrogen) atoms. The molecule has 1 heterocycles. The maximum Gasteiger partial charge on any atom is 0.253 e. The molecule has 3 amide bonds. The van der Waals surface area contributed by atoms with Gasteiger partial charge in [-0.2, -0.15) is 0 Å². The van der Waals surface area contributed by atoms with Crippen molar-refractivity contribution in [2.24, 2.45) is 0 Å². The van der Waals surface area contributed by atoms with Gasteiger partial charge >= 0.3 is 0 Å². The van der Waals surface area contributed by atoms with Gasteiger partial charge in [0.1, 0.15) is 11.5 Å². The van der Waals surface area contributed by atoms with Crippen molar-refractivity contribution in [3.05, 3.63) is 42.5 Å². The molecule has 0 aromatic heterocycles. The van der Waals surface area contributed by atoms with Crippen molar-refractivity contribution in [3.63, 3.8) is 0 Å². The predicted octanol–water partition coefficient (Wildman–Crippen LogP) is 2.03. The minimum absolute atomic E-state index is 0.0231. The molecule has 168 valence electrons. The van der Waals surface area contributed by atoms with Crippen LogP contribution >= 0.6 is 0 Å². The number of nitrogens with one attached hydrogen (secondary N) is 1. The van der Waals surface area contributed by atoms with Crippen LogP contribution in [0, 0.1) is 0 Å². The molecule has 1 aromatic rings. The van der Waals surface area contributed by atoms with Crippen molar-refractivity contribution in [1.29, 1.82) is 0 Å². The fourth-order valence-corrected chi connectivity index (χ4v) is 2.90. The molecule has 1 aliphatic rings. The molecule has 1 N–H and O–H groups in total. The van der Waals surface area contributed by atoms with E-state index in [9.17, 15) is 19.2 Å². The Bertz CT molecular complexity index is 745. The standard InChI is InChI=1S/C23H30N2O6/c26-19(12-15-25-22(28)10-11-23(25)29)7-6-16-30-18-13-21(27)24-14-4-5-17-31-20-8-2-1-3-9-20/h1-3,8-11H,4-7,12-18H2,(H,24,27). The number of benzene rings is 1. The van der Waals surface area contributed by atoms with E-state index in [1.54, 1.807) is 0 Å². The summed E-state index contributed by atoms with van der Waals surface area (Å²) in [5.41, 5.74) is 0. The molecular weight excluding hydrogens is 400 g/mol. The lowest BCUT2D eigenvalue weighted by Gasteiger charge is -2.12. The normalized spacial score (nSPS) is 13.0. The molecule has 0 saturated heterocycles. The van der Waals surface area contributed by atoms with E-state index in [0.29, 0.717) is 39.2 Å². The van der Waals surface area contributed by atoms with E-state index >= 15 is 0 Å². The summed E-state index contributed by atoms with van der Waals surface area (Å²) in [5.74, 6) is 0.0121. The average molecular weight is 431 g/mol. The SMILES string of the molecule is O=C(CCCOCCC(=O)NCCCCOc1ccccc1)CCN1C(=O)C=CC1=O. The zero-order valence-electron chi connectivity index (χ0n) is 17.7. The van der Waals surface area contributed by atoms with E-state index < -0.39 is 0 Å². The quantitative estimate of drug-likeness (QED) is 0.318. The Morgan fingerprint density at radius 3 is 2.32 bits per heavy atom. The monoisotopic (exact) mass is 430 g/mol.